The van der Waals surface area contributed by atoms with Crippen LogP contribution < -0.4 is 5.73 Å². The molecule has 0 aromatic heterocycles. The fourth-order valence-corrected chi connectivity index (χ4v) is 3.44. The molecule has 0 saturated carbocycles. The maximum atomic E-state index is 13.4. The fraction of sp³-hybridized carbons (Fsp3) is 0.368. The number of rotatable bonds is 3. The van der Waals surface area contributed by atoms with Gasteiger partial charge in [-0.15, -0.1) is 0 Å². The molecule has 0 bridgehead atoms. The second kappa shape index (κ2) is 5.98. The minimum atomic E-state index is -0.158. The Hall–Kier alpha value is -1.67. The van der Waals surface area contributed by atoms with E-state index in [9.17, 15) is 4.39 Å². The highest BCUT2D eigenvalue weighted by molar-refractivity contribution is 5.33. The molecule has 0 spiro atoms. The second-order valence-electron chi connectivity index (χ2n) is 6.14. The topological polar surface area (TPSA) is 26.0 Å². The number of aryl methyl sites for hydroxylation is 2. The van der Waals surface area contributed by atoms with Gasteiger partial charge in [0.05, 0.1) is 0 Å². The number of nitrogens with two attached hydrogens (primary N) is 1. The molecule has 0 fully saturated rings. The normalized spacial score (nSPS) is 19.1. The Morgan fingerprint density at radius 3 is 2.86 bits per heavy atom. The Balaban J connectivity index is 1.79. The third-order valence-corrected chi connectivity index (χ3v) is 4.64. The molecule has 2 atom stereocenters. The number of fused-ring (bicyclic) bond motifs is 1. The number of benzene rings is 2. The lowest BCUT2D eigenvalue weighted by Crippen LogP contribution is -2.18. The van der Waals surface area contributed by atoms with E-state index in [-0.39, 0.29) is 11.9 Å². The van der Waals surface area contributed by atoms with Crippen molar-refractivity contribution in [2.45, 2.75) is 44.6 Å². The van der Waals surface area contributed by atoms with Crippen molar-refractivity contribution in [2.24, 2.45) is 5.73 Å². The summed E-state index contributed by atoms with van der Waals surface area (Å²) in [5.41, 5.74) is 11.0. The van der Waals surface area contributed by atoms with Crippen molar-refractivity contribution in [3.8, 4) is 0 Å². The van der Waals surface area contributed by atoms with Crippen LogP contribution in [-0.2, 0) is 6.42 Å². The largest absolute Gasteiger partial charge is 0.324 e. The van der Waals surface area contributed by atoms with Crippen molar-refractivity contribution in [3.63, 3.8) is 0 Å². The van der Waals surface area contributed by atoms with Gasteiger partial charge >= 0.3 is 0 Å². The predicted molar refractivity (Wildman–Crippen MR) is 84.8 cm³/mol. The lowest BCUT2D eigenvalue weighted by Gasteiger charge is -2.28. The first-order valence-corrected chi connectivity index (χ1v) is 7.74. The van der Waals surface area contributed by atoms with Gasteiger partial charge in [0.15, 0.2) is 0 Å². The van der Waals surface area contributed by atoms with E-state index in [1.54, 1.807) is 6.92 Å². The van der Waals surface area contributed by atoms with Gasteiger partial charge in [0.25, 0.3) is 0 Å². The lowest BCUT2D eigenvalue weighted by molar-refractivity contribution is 0.476. The SMILES string of the molecule is Cc1cc(C(N)CC2CCCc3ccccc32)ccc1F. The standard InChI is InChI=1S/C19H22FN/c1-13-11-16(9-10-18(13)20)19(21)12-15-7-4-6-14-5-2-3-8-17(14)15/h2-3,5,8-11,15,19H,4,6-7,12,21H2,1H3. The first kappa shape index (κ1) is 14.3. The van der Waals surface area contributed by atoms with Gasteiger partial charge in [0.2, 0.25) is 0 Å². The van der Waals surface area contributed by atoms with Gasteiger partial charge in [-0.1, -0.05) is 36.4 Å². The van der Waals surface area contributed by atoms with Crippen LogP contribution in [0.5, 0.6) is 0 Å². The van der Waals surface area contributed by atoms with Crippen molar-refractivity contribution in [1.29, 1.82) is 0 Å². The van der Waals surface area contributed by atoms with Gasteiger partial charge in [0, 0.05) is 6.04 Å². The van der Waals surface area contributed by atoms with Gasteiger partial charge in [-0.3, -0.25) is 0 Å². The molecule has 2 aromatic carbocycles. The van der Waals surface area contributed by atoms with Crippen molar-refractivity contribution >= 4 is 0 Å². The van der Waals surface area contributed by atoms with E-state index < -0.39 is 0 Å². The molecule has 2 heteroatoms. The van der Waals surface area contributed by atoms with E-state index in [0.717, 1.165) is 12.0 Å². The summed E-state index contributed by atoms with van der Waals surface area (Å²) in [6.45, 7) is 1.79. The zero-order valence-electron chi connectivity index (χ0n) is 12.5. The van der Waals surface area contributed by atoms with Crippen molar-refractivity contribution in [2.75, 3.05) is 0 Å². The fourth-order valence-electron chi connectivity index (χ4n) is 3.44. The molecular weight excluding hydrogens is 261 g/mol. The first-order valence-electron chi connectivity index (χ1n) is 7.74. The molecule has 2 N–H and O–H groups in total. The molecule has 0 amide bonds. The zero-order chi connectivity index (χ0) is 14.8. The molecule has 2 unspecified atom stereocenters. The Bertz CT molecular complexity index is 635. The quantitative estimate of drug-likeness (QED) is 0.872. The van der Waals surface area contributed by atoms with Crippen molar-refractivity contribution in [1.82, 2.24) is 0 Å². The average Bonchev–Trinajstić information content (AvgIpc) is 2.50. The molecule has 2 aromatic rings. The molecule has 0 radical (unpaired) electrons. The molecular formula is C19H22FN. The smallest absolute Gasteiger partial charge is 0.126 e. The Morgan fingerprint density at radius 1 is 1.24 bits per heavy atom. The number of hydrogen-bond acceptors (Lipinski definition) is 1. The van der Waals surface area contributed by atoms with E-state index in [1.165, 1.54) is 36.5 Å². The van der Waals surface area contributed by atoms with Gasteiger partial charge in [-0.05, 0) is 66.8 Å². The van der Waals surface area contributed by atoms with Gasteiger partial charge in [-0.25, -0.2) is 4.39 Å². The summed E-state index contributed by atoms with van der Waals surface area (Å²) in [6, 6.07) is 13.9. The summed E-state index contributed by atoms with van der Waals surface area (Å²) in [6.07, 6.45) is 4.54. The molecule has 1 aliphatic rings. The highest BCUT2D eigenvalue weighted by Crippen LogP contribution is 2.37. The van der Waals surface area contributed by atoms with Crippen LogP contribution in [0.4, 0.5) is 4.39 Å². The first-order chi connectivity index (χ1) is 10.1. The molecule has 1 nitrogen and oxygen atoms in total. The average molecular weight is 283 g/mol. The molecule has 0 heterocycles. The van der Waals surface area contributed by atoms with E-state index >= 15 is 0 Å². The summed E-state index contributed by atoms with van der Waals surface area (Å²) >= 11 is 0. The number of halogens is 1. The van der Waals surface area contributed by atoms with Crippen LogP contribution in [-0.4, -0.2) is 0 Å². The maximum absolute atomic E-state index is 13.4. The minimum Gasteiger partial charge on any atom is -0.324 e. The van der Waals surface area contributed by atoms with Crippen molar-refractivity contribution in [3.05, 3.63) is 70.5 Å². The van der Waals surface area contributed by atoms with Crippen LogP contribution in [0, 0.1) is 12.7 Å². The van der Waals surface area contributed by atoms with E-state index in [0.29, 0.717) is 11.5 Å². The van der Waals surface area contributed by atoms with Gasteiger partial charge < -0.3 is 5.73 Å². The van der Waals surface area contributed by atoms with Crippen LogP contribution in [0.1, 0.15) is 53.5 Å². The summed E-state index contributed by atoms with van der Waals surface area (Å²) in [4.78, 5) is 0. The Morgan fingerprint density at radius 2 is 2.05 bits per heavy atom. The molecule has 0 aliphatic heterocycles. The Kier molecular flexibility index (Phi) is 4.07. The van der Waals surface area contributed by atoms with E-state index in [1.807, 2.05) is 12.1 Å². The molecule has 21 heavy (non-hydrogen) atoms. The minimum absolute atomic E-state index is 0.0274. The molecule has 3 rings (SSSR count). The lowest BCUT2D eigenvalue weighted by atomic mass is 9.79. The third kappa shape index (κ3) is 3.01. The van der Waals surface area contributed by atoms with Crippen LogP contribution in [0.15, 0.2) is 42.5 Å². The monoisotopic (exact) mass is 283 g/mol. The molecule has 0 saturated heterocycles. The van der Waals surface area contributed by atoms with E-state index in [4.69, 9.17) is 5.73 Å². The molecule has 110 valence electrons. The summed E-state index contributed by atoms with van der Waals surface area (Å²) in [5.74, 6) is 0.365. The third-order valence-electron chi connectivity index (χ3n) is 4.64. The summed E-state index contributed by atoms with van der Waals surface area (Å²) < 4.78 is 13.4. The van der Waals surface area contributed by atoms with Gasteiger partial charge in [0.1, 0.15) is 5.82 Å². The highest BCUT2D eigenvalue weighted by Gasteiger charge is 2.22. The van der Waals surface area contributed by atoms with E-state index in [2.05, 4.69) is 24.3 Å². The second-order valence-corrected chi connectivity index (χ2v) is 6.14. The Labute approximate surface area is 126 Å². The van der Waals surface area contributed by atoms with Crippen LogP contribution in [0.25, 0.3) is 0 Å². The van der Waals surface area contributed by atoms with Gasteiger partial charge in [-0.2, -0.15) is 0 Å². The molecule has 1 aliphatic carbocycles. The zero-order valence-corrected chi connectivity index (χ0v) is 12.5. The van der Waals surface area contributed by atoms with Crippen LogP contribution >= 0.6 is 0 Å². The van der Waals surface area contributed by atoms with Crippen LogP contribution in [0.2, 0.25) is 0 Å². The summed E-state index contributed by atoms with van der Waals surface area (Å²) in [7, 11) is 0. The highest BCUT2D eigenvalue weighted by atomic mass is 19.1. The maximum Gasteiger partial charge on any atom is 0.126 e. The number of hydrogen-bond donors (Lipinski definition) is 1. The van der Waals surface area contributed by atoms with Crippen LogP contribution in [0.3, 0.4) is 0 Å². The summed E-state index contributed by atoms with van der Waals surface area (Å²) in [5, 5.41) is 0. The predicted octanol–water partition coefficient (Wildman–Crippen LogP) is 4.64. The van der Waals surface area contributed by atoms with Crippen molar-refractivity contribution < 1.29 is 4.39 Å².